The number of carbonyl (C=O) groups excluding carboxylic acids is 1. The van der Waals surface area contributed by atoms with E-state index in [0.29, 0.717) is 0 Å². The predicted octanol–water partition coefficient (Wildman–Crippen LogP) is -1.94. The lowest BCUT2D eigenvalue weighted by Gasteiger charge is -2.35. The van der Waals surface area contributed by atoms with Crippen LogP contribution in [0.25, 0.3) is 0 Å². The van der Waals surface area contributed by atoms with Gasteiger partial charge in [0.25, 0.3) is 10.2 Å². The largest absolute Gasteiger partial charge is 0.467 e. The lowest BCUT2D eigenvalue weighted by molar-refractivity contribution is -0.150. The quantitative estimate of drug-likeness (QED) is 0.560. The van der Waals surface area contributed by atoms with Crippen LogP contribution in [0.1, 0.15) is 0 Å². The van der Waals surface area contributed by atoms with Gasteiger partial charge in [0.15, 0.2) is 0 Å². The minimum atomic E-state index is -3.61. The Morgan fingerprint density at radius 3 is 2.57 bits per heavy atom. The summed E-state index contributed by atoms with van der Waals surface area (Å²) in [5, 5.41) is 4.84. The molecule has 8 heteroatoms. The number of ether oxygens (including phenoxy) is 2. The monoisotopic (exact) mass is 224 g/mol. The van der Waals surface area contributed by atoms with Crippen molar-refractivity contribution in [3.05, 3.63) is 0 Å². The molecule has 0 unspecified atom stereocenters. The third-order valence-electron chi connectivity index (χ3n) is 1.84. The Morgan fingerprint density at radius 1 is 1.57 bits per heavy atom. The van der Waals surface area contributed by atoms with Crippen molar-refractivity contribution < 1.29 is 22.7 Å². The molecule has 0 aromatic carbocycles. The fraction of sp³-hybridized carbons (Fsp3) is 0.833. The maximum atomic E-state index is 10.7. The first-order valence-corrected chi connectivity index (χ1v) is 5.40. The van der Waals surface area contributed by atoms with Gasteiger partial charge in [-0.15, -0.1) is 0 Å². The zero-order chi connectivity index (χ0) is 10.8. The molecule has 0 saturated carbocycles. The summed E-state index contributed by atoms with van der Waals surface area (Å²) in [7, 11) is -2.35. The molecule has 2 N–H and O–H groups in total. The van der Waals surface area contributed by atoms with Gasteiger partial charge in [-0.1, -0.05) is 0 Å². The van der Waals surface area contributed by atoms with Crippen molar-refractivity contribution in [2.45, 2.75) is 6.10 Å². The lowest BCUT2D eigenvalue weighted by atomic mass is 10.2. The zero-order valence-electron chi connectivity index (χ0n) is 7.67. The molecule has 0 spiro atoms. The number of hydrogen-bond donors (Lipinski definition) is 1. The molecule has 0 aromatic heterocycles. The minimum Gasteiger partial charge on any atom is -0.467 e. The molecule has 7 nitrogen and oxygen atoms in total. The Bertz CT molecular complexity index is 308. The van der Waals surface area contributed by atoms with Crippen molar-refractivity contribution in [3.8, 4) is 0 Å². The third-order valence-corrected chi connectivity index (χ3v) is 2.86. The van der Waals surface area contributed by atoms with Crippen molar-refractivity contribution in [2.75, 3.05) is 26.8 Å². The molecule has 1 aliphatic heterocycles. The van der Waals surface area contributed by atoms with E-state index in [4.69, 9.17) is 9.88 Å². The number of carbonyl (C=O) groups is 1. The van der Waals surface area contributed by atoms with E-state index in [-0.39, 0.29) is 25.8 Å². The molecule has 1 saturated heterocycles. The number of nitrogens with two attached hydrogens (primary N) is 1. The van der Waals surface area contributed by atoms with Gasteiger partial charge in [0.1, 0.15) is 6.61 Å². The van der Waals surface area contributed by atoms with E-state index in [2.05, 4.69) is 4.74 Å². The van der Waals surface area contributed by atoms with Gasteiger partial charge in [0.2, 0.25) is 0 Å². The van der Waals surface area contributed by atoms with Gasteiger partial charge >= 0.3 is 5.97 Å². The summed E-state index contributed by atoms with van der Waals surface area (Å²) in [6.45, 7) is 0.214. The highest BCUT2D eigenvalue weighted by Gasteiger charge is 2.34. The first-order valence-electron chi connectivity index (χ1n) is 3.89. The smallest absolute Gasteiger partial charge is 0.331 e. The Morgan fingerprint density at radius 2 is 2.14 bits per heavy atom. The molecule has 1 aliphatic rings. The minimum absolute atomic E-state index is 0.167. The average Bonchev–Trinajstić information content (AvgIpc) is 1.98. The van der Waals surface area contributed by atoms with Gasteiger partial charge in [0, 0.05) is 13.1 Å². The Labute approximate surface area is 81.9 Å². The molecular weight excluding hydrogens is 212 g/mol. The number of methoxy groups -OCH3 is 1. The molecule has 0 amide bonds. The number of hydrogen-bond acceptors (Lipinski definition) is 5. The lowest BCUT2D eigenvalue weighted by Crippen LogP contribution is -2.56. The van der Waals surface area contributed by atoms with E-state index < -0.39 is 16.2 Å². The Balaban J connectivity index is 2.20. The van der Waals surface area contributed by atoms with Crippen molar-refractivity contribution in [3.63, 3.8) is 0 Å². The Hall–Kier alpha value is -0.700. The molecule has 0 atom stereocenters. The molecule has 14 heavy (non-hydrogen) atoms. The van der Waals surface area contributed by atoms with Crippen LogP contribution in [0.3, 0.4) is 0 Å². The molecule has 1 rings (SSSR count). The highest BCUT2D eigenvalue weighted by molar-refractivity contribution is 7.86. The van der Waals surface area contributed by atoms with Crippen LogP contribution in [0.15, 0.2) is 0 Å². The van der Waals surface area contributed by atoms with Gasteiger partial charge in [0.05, 0.1) is 13.2 Å². The van der Waals surface area contributed by atoms with Crippen LogP contribution < -0.4 is 5.14 Å². The molecule has 0 aromatic rings. The van der Waals surface area contributed by atoms with Gasteiger partial charge in [-0.3, -0.25) is 0 Å². The van der Waals surface area contributed by atoms with Crippen molar-refractivity contribution in [1.29, 1.82) is 0 Å². The van der Waals surface area contributed by atoms with E-state index in [0.717, 1.165) is 4.31 Å². The maximum Gasteiger partial charge on any atom is 0.331 e. The highest BCUT2D eigenvalue weighted by Crippen LogP contribution is 2.13. The second kappa shape index (κ2) is 4.22. The van der Waals surface area contributed by atoms with Crippen LogP contribution in [0.4, 0.5) is 0 Å². The first-order chi connectivity index (χ1) is 6.43. The molecule has 1 fully saturated rings. The first kappa shape index (κ1) is 11.4. The van der Waals surface area contributed by atoms with Crippen LogP contribution in [-0.2, 0) is 24.5 Å². The van der Waals surface area contributed by atoms with Crippen LogP contribution in [0, 0.1) is 0 Å². The second-order valence-electron chi connectivity index (χ2n) is 2.87. The van der Waals surface area contributed by atoms with E-state index in [1.54, 1.807) is 0 Å². The molecule has 0 aliphatic carbocycles. The van der Waals surface area contributed by atoms with Gasteiger partial charge in [-0.05, 0) is 0 Å². The Kier molecular flexibility index (Phi) is 3.43. The van der Waals surface area contributed by atoms with E-state index in [9.17, 15) is 13.2 Å². The standard InChI is InChI=1S/C6H12N2O5S/c1-12-6(9)4-13-5-2-8(3-5)14(7,10)11/h5H,2-4H2,1H3,(H2,7,10,11). The van der Waals surface area contributed by atoms with Crippen molar-refractivity contribution in [1.82, 2.24) is 4.31 Å². The summed E-state index contributed by atoms with van der Waals surface area (Å²) in [6, 6.07) is 0. The summed E-state index contributed by atoms with van der Waals surface area (Å²) in [6.07, 6.45) is -0.271. The van der Waals surface area contributed by atoms with Crippen LogP contribution in [-0.4, -0.2) is 51.6 Å². The molecule has 0 bridgehead atoms. The second-order valence-corrected chi connectivity index (χ2v) is 4.42. The van der Waals surface area contributed by atoms with Gasteiger partial charge < -0.3 is 9.47 Å². The SMILES string of the molecule is COC(=O)COC1CN(S(N)(=O)=O)C1. The highest BCUT2D eigenvalue weighted by atomic mass is 32.2. The van der Waals surface area contributed by atoms with E-state index >= 15 is 0 Å². The summed E-state index contributed by atoms with van der Waals surface area (Å²) in [5.74, 6) is -0.487. The molecule has 1 heterocycles. The summed E-state index contributed by atoms with van der Waals surface area (Å²) in [5.41, 5.74) is 0. The average molecular weight is 224 g/mol. The topological polar surface area (TPSA) is 98.9 Å². The number of esters is 1. The van der Waals surface area contributed by atoms with Crippen molar-refractivity contribution in [2.24, 2.45) is 5.14 Å². The van der Waals surface area contributed by atoms with Crippen LogP contribution in [0.5, 0.6) is 0 Å². The van der Waals surface area contributed by atoms with Crippen molar-refractivity contribution >= 4 is 16.2 Å². The fourth-order valence-electron chi connectivity index (χ4n) is 0.959. The normalized spacial score (nSPS) is 19.0. The number of nitrogens with zero attached hydrogens (tertiary/aromatic N) is 1. The van der Waals surface area contributed by atoms with E-state index in [1.165, 1.54) is 7.11 Å². The van der Waals surface area contributed by atoms with Crippen LogP contribution in [0.2, 0.25) is 0 Å². The van der Waals surface area contributed by atoms with Gasteiger partial charge in [-0.2, -0.15) is 12.7 Å². The molecule has 0 radical (unpaired) electrons. The summed E-state index contributed by atoms with van der Waals surface area (Å²) in [4.78, 5) is 10.6. The maximum absolute atomic E-state index is 10.7. The van der Waals surface area contributed by atoms with E-state index in [1.807, 2.05) is 0 Å². The summed E-state index contributed by atoms with van der Waals surface area (Å²) < 4.78 is 31.8. The predicted molar refractivity (Wildman–Crippen MR) is 46.4 cm³/mol. The fourth-order valence-corrected chi connectivity index (χ4v) is 1.71. The molecular formula is C6H12N2O5S. The van der Waals surface area contributed by atoms with Crippen LogP contribution >= 0.6 is 0 Å². The number of rotatable bonds is 4. The zero-order valence-corrected chi connectivity index (χ0v) is 8.49. The summed E-state index contributed by atoms with van der Waals surface area (Å²) >= 11 is 0. The van der Waals surface area contributed by atoms with Gasteiger partial charge in [-0.25, -0.2) is 9.93 Å². The third kappa shape index (κ3) is 2.91. The molecule has 82 valence electrons.